The smallest absolute Gasteiger partial charge is 0.256 e. The van der Waals surface area contributed by atoms with Gasteiger partial charge in [-0.25, -0.2) is 4.39 Å². The Morgan fingerprint density at radius 3 is 2.96 bits per heavy atom. The highest BCUT2D eigenvalue weighted by Gasteiger charge is 2.35. The van der Waals surface area contributed by atoms with Crippen LogP contribution in [0.5, 0.6) is 0 Å². The van der Waals surface area contributed by atoms with Gasteiger partial charge in [-0.1, -0.05) is 16.8 Å². The van der Waals surface area contributed by atoms with E-state index in [1.54, 1.807) is 6.07 Å². The number of carbonyl (C=O) groups is 1. The Morgan fingerprint density at radius 2 is 2.26 bits per heavy atom. The lowest BCUT2D eigenvalue weighted by atomic mass is 10.0. The molecule has 0 aliphatic carbocycles. The highest BCUT2D eigenvalue weighted by atomic mass is 35.5. The number of aliphatic hydroxyl groups is 1. The van der Waals surface area contributed by atoms with Gasteiger partial charge in [-0.3, -0.25) is 4.79 Å². The molecule has 2 aromatic rings. The van der Waals surface area contributed by atoms with Crippen molar-refractivity contribution in [2.24, 2.45) is 5.92 Å². The molecule has 1 amide bonds. The lowest BCUT2D eigenvalue weighted by Crippen LogP contribution is -2.30. The second kappa shape index (κ2) is 6.29. The van der Waals surface area contributed by atoms with Crippen LogP contribution in [0.15, 0.2) is 28.8 Å². The van der Waals surface area contributed by atoms with E-state index < -0.39 is 17.8 Å². The summed E-state index contributed by atoms with van der Waals surface area (Å²) in [5.41, 5.74) is 0.683. The number of aromatic nitrogens is 1. The van der Waals surface area contributed by atoms with Crippen LogP contribution in [0.25, 0.3) is 0 Å². The number of hydrogen-bond donors (Lipinski definition) is 1. The summed E-state index contributed by atoms with van der Waals surface area (Å²) in [7, 11) is 0. The summed E-state index contributed by atoms with van der Waals surface area (Å²) < 4.78 is 19.0. The SMILES string of the molecule is Cc1cc(C[C@@H]2CN(C(=O)c3cc(Cl)ccc3F)C[C@@H]2O)on1. The van der Waals surface area contributed by atoms with Gasteiger partial charge < -0.3 is 14.5 Å². The van der Waals surface area contributed by atoms with Gasteiger partial charge in [0, 0.05) is 36.5 Å². The molecule has 2 atom stereocenters. The summed E-state index contributed by atoms with van der Waals surface area (Å²) in [4.78, 5) is 13.9. The predicted molar refractivity (Wildman–Crippen MR) is 81.8 cm³/mol. The van der Waals surface area contributed by atoms with Crippen LogP contribution in [0.1, 0.15) is 21.8 Å². The first-order chi connectivity index (χ1) is 10.9. The molecule has 5 nitrogen and oxygen atoms in total. The molecule has 1 aromatic heterocycles. The van der Waals surface area contributed by atoms with Gasteiger partial charge in [0.2, 0.25) is 0 Å². The third-order valence-corrected chi connectivity index (χ3v) is 4.23. The van der Waals surface area contributed by atoms with E-state index in [9.17, 15) is 14.3 Å². The minimum Gasteiger partial charge on any atom is -0.391 e. The summed E-state index contributed by atoms with van der Waals surface area (Å²) in [5.74, 6) is -0.605. The molecule has 122 valence electrons. The number of carbonyl (C=O) groups excluding carboxylic acids is 1. The van der Waals surface area contributed by atoms with Gasteiger partial charge in [0.15, 0.2) is 0 Å². The molecular weight excluding hydrogens is 323 g/mol. The Labute approximate surface area is 137 Å². The van der Waals surface area contributed by atoms with Crippen LogP contribution < -0.4 is 0 Å². The fraction of sp³-hybridized carbons (Fsp3) is 0.375. The minimum atomic E-state index is -0.688. The minimum absolute atomic E-state index is 0.0825. The Morgan fingerprint density at radius 1 is 1.48 bits per heavy atom. The van der Waals surface area contributed by atoms with Gasteiger partial charge in [0.05, 0.1) is 17.4 Å². The van der Waals surface area contributed by atoms with Crippen molar-refractivity contribution in [3.63, 3.8) is 0 Å². The number of rotatable bonds is 3. The second-order valence-corrected chi connectivity index (χ2v) is 6.24. The number of hydrogen-bond acceptors (Lipinski definition) is 4. The van der Waals surface area contributed by atoms with E-state index in [0.29, 0.717) is 23.7 Å². The van der Waals surface area contributed by atoms with Crippen LogP contribution in [0.4, 0.5) is 4.39 Å². The molecule has 23 heavy (non-hydrogen) atoms. The summed E-state index contributed by atoms with van der Waals surface area (Å²) >= 11 is 5.83. The van der Waals surface area contributed by atoms with Gasteiger partial charge in [-0.2, -0.15) is 0 Å². The molecule has 1 N–H and O–H groups in total. The van der Waals surface area contributed by atoms with E-state index in [1.807, 2.05) is 6.92 Å². The number of β-amino-alcohol motifs (C(OH)–C–C–N with tert-alkyl or cyclic N) is 1. The van der Waals surface area contributed by atoms with E-state index >= 15 is 0 Å². The zero-order valence-electron chi connectivity index (χ0n) is 12.5. The largest absolute Gasteiger partial charge is 0.391 e. The zero-order chi connectivity index (χ0) is 16.6. The zero-order valence-corrected chi connectivity index (χ0v) is 13.3. The third kappa shape index (κ3) is 3.38. The summed E-state index contributed by atoms with van der Waals surface area (Å²) in [5, 5.41) is 14.3. The highest BCUT2D eigenvalue weighted by molar-refractivity contribution is 6.31. The standard InChI is InChI=1S/C16H16ClFN2O3/c1-9-4-12(23-19-9)5-10-7-20(8-15(10)21)16(22)13-6-11(17)2-3-14(13)18/h2-4,6,10,15,21H,5,7-8H2,1H3/t10-,15+/m1/s1. The number of halogens is 2. The van der Waals surface area contributed by atoms with Crippen molar-refractivity contribution in [1.82, 2.24) is 10.1 Å². The number of aliphatic hydroxyl groups excluding tert-OH is 1. The molecular formula is C16H16ClFN2O3. The molecule has 0 radical (unpaired) electrons. The average Bonchev–Trinajstić information content (AvgIpc) is 3.08. The topological polar surface area (TPSA) is 66.6 Å². The molecule has 7 heteroatoms. The Balaban J connectivity index is 1.72. The van der Waals surface area contributed by atoms with Crippen molar-refractivity contribution in [2.75, 3.05) is 13.1 Å². The number of aryl methyl sites for hydroxylation is 1. The molecule has 2 heterocycles. The van der Waals surface area contributed by atoms with Crippen LogP contribution in [0, 0.1) is 18.7 Å². The van der Waals surface area contributed by atoms with Crippen LogP contribution >= 0.6 is 11.6 Å². The molecule has 0 unspecified atom stereocenters. The fourth-order valence-corrected chi connectivity index (χ4v) is 3.00. The molecule has 0 spiro atoms. The highest BCUT2D eigenvalue weighted by Crippen LogP contribution is 2.25. The first kappa shape index (κ1) is 16.0. The molecule has 0 bridgehead atoms. The van der Waals surface area contributed by atoms with E-state index in [0.717, 1.165) is 11.8 Å². The maximum absolute atomic E-state index is 13.8. The molecule has 1 aliphatic rings. The van der Waals surface area contributed by atoms with Gasteiger partial charge in [-0.05, 0) is 25.1 Å². The Bertz CT molecular complexity index is 734. The summed E-state index contributed by atoms with van der Waals surface area (Å²) in [6, 6.07) is 5.66. The maximum Gasteiger partial charge on any atom is 0.256 e. The fourth-order valence-electron chi connectivity index (χ4n) is 2.82. The number of benzene rings is 1. The van der Waals surface area contributed by atoms with Crippen molar-refractivity contribution in [3.05, 3.63) is 52.1 Å². The van der Waals surface area contributed by atoms with Gasteiger partial charge >= 0.3 is 0 Å². The second-order valence-electron chi connectivity index (χ2n) is 5.80. The van der Waals surface area contributed by atoms with E-state index in [4.69, 9.17) is 16.1 Å². The van der Waals surface area contributed by atoms with E-state index in [2.05, 4.69) is 5.16 Å². The molecule has 1 saturated heterocycles. The maximum atomic E-state index is 13.8. The van der Waals surface area contributed by atoms with E-state index in [-0.39, 0.29) is 18.0 Å². The van der Waals surface area contributed by atoms with Crippen LogP contribution in [0.3, 0.4) is 0 Å². The average molecular weight is 339 g/mol. The molecule has 1 aliphatic heterocycles. The van der Waals surface area contributed by atoms with Gasteiger partial charge in [-0.15, -0.1) is 0 Å². The van der Waals surface area contributed by atoms with Crippen LogP contribution in [-0.2, 0) is 6.42 Å². The Hall–Kier alpha value is -1.92. The van der Waals surface area contributed by atoms with Crippen LogP contribution in [-0.4, -0.2) is 40.3 Å². The predicted octanol–water partition coefficient (Wildman–Crippen LogP) is 2.45. The number of nitrogens with zero attached hydrogens (tertiary/aromatic N) is 2. The monoisotopic (exact) mass is 338 g/mol. The first-order valence-corrected chi connectivity index (χ1v) is 7.66. The molecule has 3 rings (SSSR count). The quantitative estimate of drug-likeness (QED) is 0.933. The number of likely N-dealkylation sites (tertiary alicyclic amines) is 1. The summed E-state index contributed by atoms with van der Waals surface area (Å²) in [6.07, 6.45) is -0.212. The van der Waals surface area contributed by atoms with Crippen molar-refractivity contribution < 1.29 is 18.8 Å². The summed E-state index contributed by atoms with van der Waals surface area (Å²) in [6.45, 7) is 2.30. The molecule has 1 aromatic carbocycles. The third-order valence-electron chi connectivity index (χ3n) is 3.99. The van der Waals surface area contributed by atoms with Crippen molar-refractivity contribution in [3.8, 4) is 0 Å². The normalized spacial score (nSPS) is 21.0. The van der Waals surface area contributed by atoms with Gasteiger partial charge in [0.25, 0.3) is 5.91 Å². The number of amides is 1. The van der Waals surface area contributed by atoms with Crippen LogP contribution in [0.2, 0.25) is 5.02 Å². The van der Waals surface area contributed by atoms with Crippen molar-refractivity contribution in [1.29, 1.82) is 0 Å². The molecule has 1 fully saturated rings. The van der Waals surface area contributed by atoms with Crippen molar-refractivity contribution in [2.45, 2.75) is 19.4 Å². The van der Waals surface area contributed by atoms with E-state index in [1.165, 1.54) is 17.0 Å². The first-order valence-electron chi connectivity index (χ1n) is 7.28. The lowest BCUT2D eigenvalue weighted by molar-refractivity contribution is 0.0760. The molecule has 0 saturated carbocycles. The van der Waals surface area contributed by atoms with Crippen molar-refractivity contribution >= 4 is 17.5 Å². The van der Waals surface area contributed by atoms with Gasteiger partial charge in [0.1, 0.15) is 11.6 Å². The lowest BCUT2D eigenvalue weighted by Gasteiger charge is -2.16. The Kier molecular flexibility index (Phi) is 4.37.